The summed E-state index contributed by atoms with van der Waals surface area (Å²) in [6.07, 6.45) is 0. The summed E-state index contributed by atoms with van der Waals surface area (Å²) in [6.45, 7) is 0. The van der Waals surface area contributed by atoms with Gasteiger partial charge in [0.25, 0.3) is 0 Å². The van der Waals surface area contributed by atoms with Gasteiger partial charge in [-0.15, -0.1) is 0 Å². The van der Waals surface area contributed by atoms with Crippen LogP contribution in [0, 0.1) is 0 Å². The van der Waals surface area contributed by atoms with Crippen molar-refractivity contribution in [3.8, 4) is 0 Å². The first-order valence-corrected chi connectivity index (χ1v) is 11.9. The normalized spacial score (nSPS) is 10.9. The van der Waals surface area contributed by atoms with Crippen LogP contribution in [-0.4, -0.2) is 0 Å². The summed E-state index contributed by atoms with van der Waals surface area (Å²) in [4.78, 5) is 2.31. The lowest BCUT2D eigenvalue weighted by molar-refractivity contribution is 1.34. The van der Waals surface area contributed by atoms with Crippen LogP contribution in [0.15, 0.2) is 60.9 Å². The monoisotopic (exact) mass is 685 g/mol. The van der Waals surface area contributed by atoms with Crippen molar-refractivity contribution >= 4 is 117 Å². The molecule has 0 aliphatic heterocycles. The second-order valence-corrected chi connectivity index (χ2v) is 11.0. The molecule has 0 atom stereocenters. The van der Waals surface area contributed by atoms with E-state index in [-0.39, 0.29) is 0 Å². The van der Waals surface area contributed by atoms with E-state index in [1.54, 1.807) is 21.6 Å². The molecule has 0 unspecified atom stereocenters. The Morgan fingerprint density at radius 3 is 1.00 bits per heavy atom. The minimum absolute atomic E-state index is 1.04. The fourth-order valence-corrected chi connectivity index (χ4v) is 10.4. The molecule has 0 radical (unpaired) electrons. The predicted octanol–water partition coefficient (Wildman–Crippen LogP) is 9.06. The molecule has 0 spiro atoms. The Hall–Kier alpha value is 2.02. The Labute approximate surface area is 175 Å². The minimum Gasteiger partial charge on any atom is -0.0508 e. The maximum Gasteiger partial charge on any atom is 0.0471 e. The molecule has 0 heterocycles. The number of hydrogen-bond acceptors (Lipinski definition) is 2. The summed E-state index contributed by atoms with van der Waals surface area (Å²) in [7, 11) is 3.39. The van der Waals surface area contributed by atoms with Crippen LogP contribution in [0.5, 0.6) is 0 Å². The highest BCUT2D eigenvalue weighted by Crippen LogP contribution is 2.49. The van der Waals surface area contributed by atoms with Crippen LogP contribution in [-0.2, 0) is 0 Å². The molecule has 0 saturated carbocycles. The fraction of sp³-hybridized carbons (Fsp3) is 0. The summed E-state index contributed by atoms with van der Waals surface area (Å²) < 4.78 is 6.30. The van der Waals surface area contributed by atoms with Gasteiger partial charge in [-0.25, -0.2) is 0 Å². The highest BCUT2D eigenvalue weighted by molar-refractivity contribution is 9.12. The van der Waals surface area contributed by atoms with Crippen molar-refractivity contribution in [1.82, 2.24) is 0 Å². The van der Waals surface area contributed by atoms with Crippen LogP contribution >= 0.6 is 117 Å². The second kappa shape index (κ2) is 8.22. The average Bonchev–Trinajstić information content (AvgIpc) is 2.30. The molecule has 0 nitrogen and oxygen atoms in total. The van der Waals surface area contributed by atoms with Crippen molar-refractivity contribution in [2.45, 2.75) is 9.79 Å². The molecule has 0 aromatic heterocycles. The molecular formula is C12H4Br6S2. The van der Waals surface area contributed by atoms with Crippen LogP contribution in [0.2, 0.25) is 0 Å². The fourth-order valence-electron chi connectivity index (χ4n) is 1.30. The van der Waals surface area contributed by atoms with Crippen LogP contribution in [0.3, 0.4) is 0 Å². The molecule has 0 aliphatic carbocycles. The third-order valence-corrected chi connectivity index (χ3v) is 9.15. The highest BCUT2D eigenvalue weighted by Gasteiger charge is 2.12. The van der Waals surface area contributed by atoms with Crippen molar-refractivity contribution in [2.75, 3.05) is 0 Å². The van der Waals surface area contributed by atoms with Crippen LogP contribution in [0.25, 0.3) is 0 Å². The lowest BCUT2D eigenvalue weighted by Gasteiger charge is -2.10. The van der Waals surface area contributed by atoms with E-state index in [0.717, 1.165) is 36.6 Å². The van der Waals surface area contributed by atoms with Gasteiger partial charge in [0.15, 0.2) is 0 Å². The zero-order valence-electron chi connectivity index (χ0n) is 9.39. The average molecular weight is 692 g/mol. The molecule has 0 saturated heterocycles. The van der Waals surface area contributed by atoms with Gasteiger partial charge in [0.1, 0.15) is 0 Å². The molecular weight excluding hydrogens is 688 g/mol. The SMILES string of the molecule is Brc1cc(Br)c(SSc2c(Br)cc(Br)cc2Br)c(Br)c1. The summed E-state index contributed by atoms with van der Waals surface area (Å²) in [6, 6.07) is 8.16. The molecule has 0 bridgehead atoms. The zero-order chi connectivity index (χ0) is 14.9. The standard InChI is InChI=1S/C12H4Br6S2/c13-5-1-7(15)11(8(16)2-5)19-20-12-9(17)3-6(14)4-10(12)18/h1-4H. The van der Waals surface area contributed by atoms with Gasteiger partial charge in [0.2, 0.25) is 0 Å². The van der Waals surface area contributed by atoms with Crippen LogP contribution in [0.4, 0.5) is 0 Å². The predicted molar refractivity (Wildman–Crippen MR) is 111 cm³/mol. The van der Waals surface area contributed by atoms with Gasteiger partial charge < -0.3 is 0 Å². The number of halogens is 6. The van der Waals surface area contributed by atoms with E-state index < -0.39 is 0 Å². The molecule has 2 aromatic rings. The van der Waals surface area contributed by atoms with Gasteiger partial charge in [-0.1, -0.05) is 53.4 Å². The zero-order valence-corrected chi connectivity index (χ0v) is 20.5. The number of rotatable bonds is 3. The first-order chi connectivity index (χ1) is 9.38. The summed E-state index contributed by atoms with van der Waals surface area (Å²) >= 11 is 21.3. The number of benzene rings is 2. The topological polar surface area (TPSA) is 0 Å². The first-order valence-electron chi connectivity index (χ1n) is 5.02. The van der Waals surface area contributed by atoms with E-state index in [2.05, 4.69) is 95.6 Å². The van der Waals surface area contributed by atoms with Crippen LogP contribution < -0.4 is 0 Å². The summed E-state index contributed by atoms with van der Waals surface area (Å²) in [5.74, 6) is 0. The third-order valence-electron chi connectivity index (χ3n) is 2.13. The Kier molecular flexibility index (Phi) is 7.54. The Bertz CT molecular complexity index is 555. The number of hydrogen-bond donors (Lipinski definition) is 0. The van der Waals surface area contributed by atoms with Crippen molar-refractivity contribution in [2.24, 2.45) is 0 Å². The smallest absolute Gasteiger partial charge is 0.0471 e. The maximum atomic E-state index is 3.60. The van der Waals surface area contributed by atoms with E-state index in [0.29, 0.717) is 0 Å². The molecule has 0 N–H and O–H groups in total. The molecule has 0 fully saturated rings. The molecule has 2 aromatic carbocycles. The van der Waals surface area contributed by atoms with E-state index in [4.69, 9.17) is 0 Å². The largest absolute Gasteiger partial charge is 0.0508 e. The van der Waals surface area contributed by atoms with Crippen molar-refractivity contribution in [3.63, 3.8) is 0 Å². The molecule has 20 heavy (non-hydrogen) atoms. The summed E-state index contributed by atoms with van der Waals surface area (Å²) in [5, 5.41) is 0. The lowest BCUT2D eigenvalue weighted by Crippen LogP contribution is -1.80. The van der Waals surface area contributed by atoms with Gasteiger partial charge in [-0.3, -0.25) is 0 Å². The quantitative estimate of drug-likeness (QED) is 0.295. The minimum atomic E-state index is 1.04. The highest BCUT2D eigenvalue weighted by atomic mass is 79.9. The third kappa shape index (κ3) is 4.76. The molecule has 0 aliphatic rings. The van der Waals surface area contributed by atoms with Gasteiger partial charge in [-0.2, -0.15) is 0 Å². The lowest BCUT2D eigenvalue weighted by atomic mass is 10.4. The second-order valence-electron chi connectivity index (χ2n) is 3.56. The Morgan fingerprint density at radius 1 is 0.500 bits per heavy atom. The first kappa shape index (κ1) is 18.4. The van der Waals surface area contributed by atoms with Gasteiger partial charge in [0.05, 0.1) is 0 Å². The molecule has 8 heteroatoms. The molecule has 0 amide bonds. The van der Waals surface area contributed by atoms with E-state index in [1.165, 1.54) is 0 Å². The van der Waals surface area contributed by atoms with E-state index >= 15 is 0 Å². The van der Waals surface area contributed by atoms with Crippen molar-refractivity contribution in [3.05, 3.63) is 51.1 Å². The molecule has 2 rings (SSSR count). The van der Waals surface area contributed by atoms with Crippen molar-refractivity contribution in [1.29, 1.82) is 0 Å². The van der Waals surface area contributed by atoms with E-state index in [1.807, 2.05) is 24.3 Å². The van der Waals surface area contributed by atoms with Crippen LogP contribution in [0.1, 0.15) is 0 Å². The Morgan fingerprint density at radius 2 is 0.750 bits per heavy atom. The Balaban J connectivity index is 2.26. The summed E-state index contributed by atoms with van der Waals surface area (Å²) in [5.41, 5.74) is 0. The maximum absolute atomic E-state index is 3.60. The van der Waals surface area contributed by atoms with Gasteiger partial charge in [0, 0.05) is 36.6 Å². The molecule has 106 valence electrons. The van der Waals surface area contributed by atoms with Crippen molar-refractivity contribution < 1.29 is 0 Å². The van der Waals surface area contributed by atoms with Gasteiger partial charge in [-0.05, 0) is 88.0 Å². The van der Waals surface area contributed by atoms with Gasteiger partial charge >= 0.3 is 0 Å². The van der Waals surface area contributed by atoms with E-state index in [9.17, 15) is 0 Å².